The Bertz CT molecular complexity index is 522. The van der Waals surface area contributed by atoms with E-state index in [0.29, 0.717) is 6.42 Å². The SMILES string of the molecule is O=C1CC(N(C(=O)Cc2cccs2)C2CC2)C(=O)N1. The van der Waals surface area contributed by atoms with Crippen molar-refractivity contribution in [3.05, 3.63) is 22.4 Å². The molecule has 100 valence electrons. The third kappa shape index (κ3) is 2.53. The molecule has 1 aliphatic heterocycles. The standard InChI is InChI=1S/C13H14N2O3S/c16-11-7-10(13(18)14-11)15(8-3-4-8)12(17)6-9-2-1-5-19-9/h1-2,5,8,10H,3-4,6-7H2,(H,14,16,18). The molecular weight excluding hydrogens is 264 g/mol. The number of imide groups is 1. The quantitative estimate of drug-likeness (QED) is 0.824. The number of hydrogen-bond donors (Lipinski definition) is 1. The number of thiophene rings is 1. The van der Waals surface area contributed by atoms with E-state index in [1.165, 1.54) is 11.3 Å². The number of carbonyl (C=O) groups excluding carboxylic acids is 3. The Kier molecular flexibility index (Phi) is 3.10. The first kappa shape index (κ1) is 12.3. The summed E-state index contributed by atoms with van der Waals surface area (Å²) in [7, 11) is 0. The number of carbonyl (C=O) groups is 3. The van der Waals surface area contributed by atoms with Gasteiger partial charge in [-0.25, -0.2) is 0 Å². The highest BCUT2D eigenvalue weighted by Crippen LogP contribution is 2.31. The maximum absolute atomic E-state index is 12.4. The molecule has 3 amide bonds. The van der Waals surface area contributed by atoms with Crippen molar-refractivity contribution >= 4 is 29.1 Å². The lowest BCUT2D eigenvalue weighted by atomic mass is 10.1. The minimum atomic E-state index is -0.604. The van der Waals surface area contributed by atoms with Crippen molar-refractivity contribution in [3.8, 4) is 0 Å². The van der Waals surface area contributed by atoms with E-state index in [1.807, 2.05) is 17.5 Å². The second kappa shape index (κ2) is 4.77. The highest BCUT2D eigenvalue weighted by Gasteiger charge is 2.44. The van der Waals surface area contributed by atoms with Crippen molar-refractivity contribution in [1.82, 2.24) is 10.2 Å². The zero-order valence-corrected chi connectivity index (χ0v) is 11.1. The molecule has 1 atom stereocenters. The fourth-order valence-corrected chi connectivity index (χ4v) is 3.10. The van der Waals surface area contributed by atoms with Crippen molar-refractivity contribution in [2.75, 3.05) is 0 Å². The van der Waals surface area contributed by atoms with Crippen molar-refractivity contribution in [1.29, 1.82) is 0 Å². The first-order valence-electron chi connectivity index (χ1n) is 6.32. The lowest BCUT2D eigenvalue weighted by molar-refractivity contribution is -0.139. The van der Waals surface area contributed by atoms with Crippen LogP contribution in [0.25, 0.3) is 0 Å². The molecule has 19 heavy (non-hydrogen) atoms. The van der Waals surface area contributed by atoms with Crippen LogP contribution in [0, 0.1) is 0 Å². The minimum absolute atomic E-state index is 0.0557. The number of nitrogens with zero attached hydrogens (tertiary/aromatic N) is 1. The number of rotatable bonds is 4. The van der Waals surface area contributed by atoms with Crippen molar-refractivity contribution < 1.29 is 14.4 Å². The van der Waals surface area contributed by atoms with Crippen molar-refractivity contribution in [2.45, 2.75) is 37.8 Å². The van der Waals surface area contributed by atoms with E-state index < -0.39 is 6.04 Å². The Morgan fingerprint density at radius 2 is 2.21 bits per heavy atom. The molecule has 0 spiro atoms. The fourth-order valence-electron chi connectivity index (χ4n) is 2.40. The Morgan fingerprint density at radius 1 is 1.42 bits per heavy atom. The zero-order chi connectivity index (χ0) is 13.4. The second-order valence-corrected chi connectivity index (χ2v) is 5.95. The summed E-state index contributed by atoms with van der Waals surface area (Å²) in [6.45, 7) is 0. The van der Waals surface area contributed by atoms with Crippen LogP contribution >= 0.6 is 11.3 Å². The van der Waals surface area contributed by atoms with Crippen LogP contribution in [0.2, 0.25) is 0 Å². The van der Waals surface area contributed by atoms with Gasteiger partial charge in [0, 0.05) is 10.9 Å². The van der Waals surface area contributed by atoms with Gasteiger partial charge in [0.25, 0.3) is 0 Å². The molecule has 2 fully saturated rings. The topological polar surface area (TPSA) is 66.5 Å². The number of nitrogens with one attached hydrogen (secondary N) is 1. The third-order valence-corrected chi connectivity index (χ3v) is 4.29. The average molecular weight is 278 g/mol. The Labute approximate surface area is 114 Å². The molecule has 1 aliphatic carbocycles. The van der Waals surface area contributed by atoms with Crippen molar-refractivity contribution in [2.24, 2.45) is 0 Å². The summed E-state index contributed by atoms with van der Waals surface area (Å²) in [5, 5.41) is 4.20. The van der Waals surface area contributed by atoms with Gasteiger partial charge in [0.05, 0.1) is 12.8 Å². The van der Waals surface area contributed by atoms with E-state index in [1.54, 1.807) is 4.90 Å². The predicted molar refractivity (Wildman–Crippen MR) is 69.4 cm³/mol. The predicted octanol–water partition coefficient (Wildman–Crippen LogP) is 0.697. The summed E-state index contributed by atoms with van der Waals surface area (Å²) in [6, 6.07) is 3.34. The second-order valence-electron chi connectivity index (χ2n) is 4.92. The van der Waals surface area contributed by atoms with E-state index >= 15 is 0 Å². The lowest BCUT2D eigenvalue weighted by Gasteiger charge is -2.26. The molecule has 2 aliphatic rings. The van der Waals surface area contributed by atoms with Crippen LogP contribution in [-0.2, 0) is 20.8 Å². The van der Waals surface area contributed by atoms with Gasteiger partial charge in [0.2, 0.25) is 17.7 Å². The maximum atomic E-state index is 12.4. The average Bonchev–Trinajstić information content (AvgIpc) is 2.94. The van der Waals surface area contributed by atoms with E-state index in [2.05, 4.69) is 5.32 Å². The van der Waals surface area contributed by atoms with Gasteiger partial charge in [-0.3, -0.25) is 19.7 Å². The van der Waals surface area contributed by atoms with E-state index in [4.69, 9.17) is 0 Å². The monoisotopic (exact) mass is 278 g/mol. The third-order valence-electron chi connectivity index (χ3n) is 3.41. The largest absolute Gasteiger partial charge is 0.327 e. The van der Waals surface area contributed by atoms with Gasteiger partial charge >= 0.3 is 0 Å². The summed E-state index contributed by atoms with van der Waals surface area (Å²) in [5.41, 5.74) is 0. The van der Waals surface area contributed by atoms with E-state index in [9.17, 15) is 14.4 Å². The summed E-state index contributed by atoms with van der Waals surface area (Å²) >= 11 is 1.53. The molecule has 1 unspecified atom stereocenters. The molecule has 2 heterocycles. The summed E-state index contributed by atoms with van der Waals surface area (Å²) < 4.78 is 0. The number of amides is 3. The smallest absolute Gasteiger partial charge is 0.249 e. The van der Waals surface area contributed by atoms with E-state index in [-0.39, 0.29) is 30.2 Å². The van der Waals surface area contributed by atoms with Gasteiger partial charge in [-0.05, 0) is 24.3 Å². The molecule has 0 aromatic carbocycles. The van der Waals surface area contributed by atoms with Crippen LogP contribution in [0.15, 0.2) is 17.5 Å². The summed E-state index contributed by atoms with van der Waals surface area (Å²) in [4.78, 5) is 38.0. The molecule has 1 N–H and O–H groups in total. The molecule has 5 nitrogen and oxygen atoms in total. The van der Waals surface area contributed by atoms with Crippen LogP contribution in [0.4, 0.5) is 0 Å². The van der Waals surface area contributed by atoms with Gasteiger partial charge in [0.1, 0.15) is 6.04 Å². The van der Waals surface area contributed by atoms with Gasteiger partial charge in [0.15, 0.2) is 0 Å². The molecule has 1 saturated heterocycles. The zero-order valence-electron chi connectivity index (χ0n) is 10.3. The van der Waals surface area contributed by atoms with Crippen LogP contribution < -0.4 is 5.32 Å². The van der Waals surface area contributed by atoms with Gasteiger partial charge < -0.3 is 4.90 Å². The Hall–Kier alpha value is -1.69. The number of hydrogen-bond acceptors (Lipinski definition) is 4. The van der Waals surface area contributed by atoms with Gasteiger partial charge in [-0.15, -0.1) is 11.3 Å². The summed E-state index contributed by atoms with van der Waals surface area (Å²) in [6.07, 6.45) is 2.26. The first-order chi connectivity index (χ1) is 9.15. The van der Waals surface area contributed by atoms with E-state index in [0.717, 1.165) is 17.7 Å². The summed E-state index contributed by atoms with van der Waals surface area (Å²) in [5.74, 6) is -0.680. The molecule has 1 saturated carbocycles. The first-order valence-corrected chi connectivity index (χ1v) is 7.20. The maximum Gasteiger partial charge on any atom is 0.249 e. The molecule has 1 aromatic rings. The van der Waals surface area contributed by atoms with Crippen LogP contribution in [0.5, 0.6) is 0 Å². The molecule has 0 bridgehead atoms. The molecule has 0 radical (unpaired) electrons. The lowest BCUT2D eigenvalue weighted by Crippen LogP contribution is -2.46. The van der Waals surface area contributed by atoms with Crippen LogP contribution in [0.1, 0.15) is 24.1 Å². The van der Waals surface area contributed by atoms with Gasteiger partial charge in [-0.1, -0.05) is 6.07 Å². The molecule has 1 aromatic heterocycles. The Morgan fingerprint density at radius 3 is 2.74 bits per heavy atom. The fraction of sp³-hybridized carbons (Fsp3) is 0.462. The normalized spacial score (nSPS) is 22.4. The Balaban J connectivity index is 1.75. The van der Waals surface area contributed by atoms with Crippen LogP contribution in [-0.4, -0.2) is 34.7 Å². The highest BCUT2D eigenvalue weighted by atomic mass is 32.1. The minimum Gasteiger partial charge on any atom is -0.327 e. The molecule has 3 rings (SSSR count). The molecule has 6 heteroatoms. The van der Waals surface area contributed by atoms with Gasteiger partial charge in [-0.2, -0.15) is 0 Å². The molecular formula is C13H14N2O3S. The highest BCUT2D eigenvalue weighted by molar-refractivity contribution is 7.10. The van der Waals surface area contributed by atoms with Crippen molar-refractivity contribution in [3.63, 3.8) is 0 Å². The van der Waals surface area contributed by atoms with Crippen LogP contribution in [0.3, 0.4) is 0 Å².